The standard InChI is InChI=1S/C13H25BO2/c1-11(2)15-14(16-12(3)4)10-9-13-7-5-6-8-13/h9-13H,5-8H2,1-4H3/b10-9-. The fraction of sp³-hybridized carbons (Fsp3) is 0.846. The maximum Gasteiger partial charge on any atom is 0.486 e. The van der Waals surface area contributed by atoms with Gasteiger partial charge in [0.05, 0.1) is 0 Å². The summed E-state index contributed by atoms with van der Waals surface area (Å²) in [6.45, 7) is 8.17. The summed E-state index contributed by atoms with van der Waals surface area (Å²) in [4.78, 5) is 0. The molecule has 1 fully saturated rings. The van der Waals surface area contributed by atoms with Crippen LogP contribution in [-0.2, 0) is 9.31 Å². The summed E-state index contributed by atoms with van der Waals surface area (Å²) in [6.07, 6.45) is 8.08. The lowest BCUT2D eigenvalue weighted by Gasteiger charge is -2.17. The molecule has 0 aromatic heterocycles. The molecule has 16 heavy (non-hydrogen) atoms. The third-order valence-corrected chi connectivity index (χ3v) is 2.75. The Labute approximate surface area is 101 Å². The summed E-state index contributed by atoms with van der Waals surface area (Å²) in [5, 5.41) is 0. The topological polar surface area (TPSA) is 18.5 Å². The summed E-state index contributed by atoms with van der Waals surface area (Å²) >= 11 is 0. The SMILES string of the molecule is CC(C)OB(/C=C\C1CCCC1)OC(C)C. The van der Waals surface area contributed by atoms with Gasteiger partial charge in [-0.1, -0.05) is 24.9 Å². The Hall–Kier alpha value is -0.275. The van der Waals surface area contributed by atoms with Gasteiger partial charge >= 0.3 is 7.12 Å². The Morgan fingerprint density at radius 3 is 1.94 bits per heavy atom. The Morgan fingerprint density at radius 2 is 1.50 bits per heavy atom. The molecule has 0 heterocycles. The molecule has 3 heteroatoms. The van der Waals surface area contributed by atoms with E-state index < -0.39 is 0 Å². The van der Waals surface area contributed by atoms with Gasteiger partial charge in [-0.3, -0.25) is 0 Å². The van der Waals surface area contributed by atoms with Gasteiger partial charge in [0.15, 0.2) is 0 Å². The van der Waals surface area contributed by atoms with Crippen molar-refractivity contribution in [3.63, 3.8) is 0 Å². The van der Waals surface area contributed by atoms with E-state index in [1.807, 2.05) is 27.7 Å². The smallest absolute Gasteiger partial charge is 0.405 e. The first-order valence-electron chi connectivity index (χ1n) is 6.57. The van der Waals surface area contributed by atoms with Crippen molar-refractivity contribution in [2.75, 3.05) is 0 Å². The zero-order valence-electron chi connectivity index (χ0n) is 11.1. The molecule has 0 aliphatic heterocycles. The van der Waals surface area contributed by atoms with E-state index in [2.05, 4.69) is 12.1 Å². The molecular weight excluding hydrogens is 199 g/mol. The molecule has 1 rings (SSSR count). The van der Waals surface area contributed by atoms with E-state index in [1.165, 1.54) is 25.7 Å². The van der Waals surface area contributed by atoms with Gasteiger partial charge in [-0.25, -0.2) is 0 Å². The van der Waals surface area contributed by atoms with Gasteiger partial charge in [-0.15, -0.1) is 0 Å². The molecule has 1 aliphatic rings. The van der Waals surface area contributed by atoms with Crippen LogP contribution in [0.25, 0.3) is 0 Å². The minimum absolute atomic E-state index is 0.180. The lowest BCUT2D eigenvalue weighted by molar-refractivity contribution is 0.138. The molecule has 1 saturated carbocycles. The number of rotatable bonds is 6. The largest absolute Gasteiger partial charge is 0.486 e. The highest BCUT2D eigenvalue weighted by Gasteiger charge is 2.19. The Balaban J connectivity index is 2.40. The van der Waals surface area contributed by atoms with Gasteiger partial charge in [-0.05, 0) is 46.5 Å². The van der Waals surface area contributed by atoms with Crippen LogP contribution in [0.4, 0.5) is 0 Å². The molecule has 2 nitrogen and oxygen atoms in total. The summed E-state index contributed by atoms with van der Waals surface area (Å²) < 4.78 is 11.4. The van der Waals surface area contributed by atoms with Gasteiger partial charge < -0.3 is 9.31 Å². The maximum absolute atomic E-state index is 5.71. The van der Waals surface area contributed by atoms with Crippen molar-refractivity contribution in [2.45, 2.75) is 65.6 Å². The van der Waals surface area contributed by atoms with Crippen molar-refractivity contribution < 1.29 is 9.31 Å². The van der Waals surface area contributed by atoms with Crippen LogP contribution in [0.3, 0.4) is 0 Å². The molecule has 0 atom stereocenters. The monoisotopic (exact) mass is 224 g/mol. The van der Waals surface area contributed by atoms with Gasteiger partial charge in [0.1, 0.15) is 0 Å². The van der Waals surface area contributed by atoms with Crippen molar-refractivity contribution in [1.82, 2.24) is 0 Å². The summed E-state index contributed by atoms with van der Waals surface area (Å²) in [7, 11) is -0.180. The quantitative estimate of drug-likeness (QED) is 0.641. The molecule has 0 unspecified atom stereocenters. The van der Waals surface area contributed by atoms with Gasteiger partial charge in [0, 0.05) is 12.2 Å². The molecule has 0 spiro atoms. The highest BCUT2D eigenvalue weighted by molar-refractivity contribution is 6.50. The first-order valence-corrected chi connectivity index (χ1v) is 6.57. The van der Waals surface area contributed by atoms with E-state index >= 15 is 0 Å². The minimum Gasteiger partial charge on any atom is -0.405 e. The van der Waals surface area contributed by atoms with E-state index in [-0.39, 0.29) is 19.3 Å². The average Bonchev–Trinajstić information content (AvgIpc) is 2.64. The molecule has 0 aromatic rings. The molecule has 0 saturated heterocycles. The predicted molar refractivity (Wildman–Crippen MR) is 69.3 cm³/mol. The van der Waals surface area contributed by atoms with Crippen molar-refractivity contribution in [3.05, 3.63) is 12.1 Å². The van der Waals surface area contributed by atoms with E-state index in [0.29, 0.717) is 0 Å². The van der Waals surface area contributed by atoms with Crippen LogP contribution in [0.2, 0.25) is 0 Å². The van der Waals surface area contributed by atoms with Crippen molar-refractivity contribution in [3.8, 4) is 0 Å². The Kier molecular flexibility index (Phi) is 6.14. The van der Waals surface area contributed by atoms with Crippen LogP contribution >= 0.6 is 0 Å². The first kappa shape index (κ1) is 13.8. The summed E-state index contributed by atoms with van der Waals surface area (Å²) in [6, 6.07) is 0. The Morgan fingerprint density at radius 1 is 1.00 bits per heavy atom. The molecular formula is C13H25BO2. The normalized spacial score (nSPS) is 18.1. The van der Waals surface area contributed by atoms with Crippen LogP contribution < -0.4 is 0 Å². The fourth-order valence-electron chi connectivity index (χ4n) is 2.06. The number of hydrogen-bond acceptors (Lipinski definition) is 2. The fourth-order valence-corrected chi connectivity index (χ4v) is 2.06. The molecule has 0 aromatic carbocycles. The van der Waals surface area contributed by atoms with Gasteiger partial charge in [-0.2, -0.15) is 0 Å². The van der Waals surface area contributed by atoms with Crippen molar-refractivity contribution in [2.24, 2.45) is 5.92 Å². The second-order valence-electron chi connectivity index (χ2n) is 5.17. The second kappa shape index (κ2) is 7.13. The van der Waals surface area contributed by atoms with Crippen LogP contribution in [0.5, 0.6) is 0 Å². The summed E-state index contributed by atoms with van der Waals surface area (Å²) in [5.74, 6) is 2.84. The predicted octanol–water partition coefficient (Wildman–Crippen LogP) is 3.61. The second-order valence-corrected chi connectivity index (χ2v) is 5.17. The molecule has 0 radical (unpaired) electrons. The molecule has 1 aliphatic carbocycles. The van der Waals surface area contributed by atoms with Crippen LogP contribution in [-0.4, -0.2) is 19.3 Å². The van der Waals surface area contributed by atoms with Crippen molar-refractivity contribution >= 4 is 7.12 Å². The molecule has 0 N–H and O–H groups in total. The van der Waals surface area contributed by atoms with E-state index in [0.717, 1.165) is 5.92 Å². The first-order chi connectivity index (χ1) is 7.58. The maximum atomic E-state index is 5.71. The van der Waals surface area contributed by atoms with Gasteiger partial charge in [0.2, 0.25) is 0 Å². The van der Waals surface area contributed by atoms with E-state index in [4.69, 9.17) is 9.31 Å². The average molecular weight is 224 g/mol. The lowest BCUT2D eigenvalue weighted by Crippen LogP contribution is -2.27. The third-order valence-electron chi connectivity index (χ3n) is 2.75. The lowest BCUT2D eigenvalue weighted by atomic mass is 9.86. The van der Waals surface area contributed by atoms with Crippen LogP contribution in [0.15, 0.2) is 12.1 Å². The van der Waals surface area contributed by atoms with Gasteiger partial charge in [0.25, 0.3) is 0 Å². The molecule has 0 bridgehead atoms. The summed E-state index contributed by atoms with van der Waals surface area (Å²) in [5.41, 5.74) is 0. The minimum atomic E-state index is -0.180. The molecule has 92 valence electrons. The highest BCUT2D eigenvalue weighted by atomic mass is 16.6. The van der Waals surface area contributed by atoms with Crippen LogP contribution in [0.1, 0.15) is 53.4 Å². The Bertz CT molecular complexity index is 198. The zero-order valence-corrected chi connectivity index (χ0v) is 11.1. The van der Waals surface area contributed by atoms with Crippen molar-refractivity contribution in [1.29, 1.82) is 0 Å². The van der Waals surface area contributed by atoms with Crippen LogP contribution in [0, 0.1) is 5.92 Å². The number of allylic oxidation sites excluding steroid dienone is 1. The highest BCUT2D eigenvalue weighted by Crippen LogP contribution is 2.25. The molecule has 0 amide bonds. The van der Waals surface area contributed by atoms with E-state index in [9.17, 15) is 0 Å². The third kappa shape index (κ3) is 5.71. The van der Waals surface area contributed by atoms with E-state index in [1.54, 1.807) is 0 Å². The number of hydrogen-bond donors (Lipinski definition) is 0. The zero-order chi connectivity index (χ0) is 12.0.